The molecule has 1 fully saturated rings. The van der Waals surface area contributed by atoms with E-state index < -0.39 is 15.6 Å². The molecule has 0 amide bonds. The summed E-state index contributed by atoms with van der Waals surface area (Å²) >= 11 is 13.9. The summed E-state index contributed by atoms with van der Waals surface area (Å²) in [5.41, 5.74) is 0.550. The van der Waals surface area contributed by atoms with Gasteiger partial charge in [-0.3, -0.25) is 9.52 Å². The normalized spacial score (nSPS) is 14.7. The van der Waals surface area contributed by atoms with Gasteiger partial charge in [0.2, 0.25) is 6.19 Å². The maximum Gasteiger partial charge on any atom is 0.306 e. The number of benzene rings is 1. The Morgan fingerprint density at radius 2 is 1.91 bits per heavy atom. The van der Waals surface area contributed by atoms with Gasteiger partial charge in [-0.25, -0.2) is 17.9 Å². The van der Waals surface area contributed by atoms with Crippen molar-refractivity contribution >= 4 is 68.1 Å². The van der Waals surface area contributed by atoms with E-state index in [1.165, 1.54) is 23.0 Å². The van der Waals surface area contributed by atoms with Gasteiger partial charge in [-0.2, -0.15) is 17.0 Å². The van der Waals surface area contributed by atoms with Crippen LogP contribution in [0.3, 0.4) is 0 Å². The molecule has 0 spiro atoms. The van der Waals surface area contributed by atoms with Crippen LogP contribution < -0.4 is 15.2 Å². The van der Waals surface area contributed by atoms with E-state index >= 15 is 0 Å². The molecule has 13 heteroatoms. The maximum atomic E-state index is 12.8. The first-order chi connectivity index (χ1) is 15.3. The number of nitrogens with zero attached hydrogens (tertiary/aromatic N) is 5. The average molecular weight is 511 g/mol. The quantitative estimate of drug-likeness (QED) is 0.560. The van der Waals surface area contributed by atoms with E-state index in [2.05, 4.69) is 9.71 Å². The van der Waals surface area contributed by atoms with Crippen LogP contribution in [0.4, 0.5) is 11.4 Å². The van der Waals surface area contributed by atoms with E-state index in [0.29, 0.717) is 34.4 Å². The second kappa shape index (κ2) is 9.07. The first kappa shape index (κ1) is 22.5. The highest BCUT2D eigenvalue weighted by atomic mass is 35.5. The minimum atomic E-state index is -3.96. The van der Waals surface area contributed by atoms with Crippen molar-refractivity contribution in [2.45, 2.75) is 0 Å². The van der Waals surface area contributed by atoms with Crippen molar-refractivity contribution in [1.82, 2.24) is 14.2 Å². The van der Waals surface area contributed by atoms with Gasteiger partial charge in [-0.1, -0.05) is 29.3 Å². The van der Waals surface area contributed by atoms with E-state index in [-0.39, 0.29) is 11.3 Å². The van der Waals surface area contributed by atoms with E-state index in [4.69, 9.17) is 23.2 Å². The highest BCUT2D eigenvalue weighted by Crippen LogP contribution is 2.26. The third-order valence-electron chi connectivity index (χ3n) is 4.72. The zero-order chi connectivity index (χ0) is 22.9. The molecule has 9 nitrogen and oxygen atoms in total. The molecule has 1 aliphatic heterocycles. The van der Waals surface area contributed by atoms with Crippen LogP contribution in [0.1, 0.15) is 5.56 Å². The summed E-state index contributed by atoms with van der Waals surface area (Å²) in [6.45, 7) is 1.33. The topological polar surface area (TPSA) is 112 Å². The molecule has 166 valence electrons. The number of hydrogen-bond donors (Lipinski definition) is 1. The minimum absolute atomic E-state index is 0.0761. The number of hydrogen-bond acceptors (Lipinski definition) is 7. The lowest BCUT2D eigenvalue weighted by Gasteiger charge is -2.26. The van der Waals surface area contributed by atoms with E-state index in [9.17, 15) is 18.5 Å². The molecular formula is C19H16Cl2N6O3S2. The average Bonchev–Trinajstić information content (AvgIpc) is 3.04. The maximum absolute atomic E-state index is 12.8. The minimum Gasteiger partial charge on any atom is -0.362 e. The second-order valence-electron chi connectivity index (χ2n) is 6.76. The van der Waals surface area contributed by atoms with Crippen molar-refractivity contribution in [2.24, 2.45) is 0 Å². The van der Waals surface area contributed by atoms with Crippen LogP contribution in [0.5, 0.6) is 0 Å². The summed E-state index contributed by atoms with van der Waals surface area (Å²) in [5.74, 6) is 1.73. The molecule has 0 bridgehead atoms. The number of thioether (sulfide) groups is 1. The third-order valence-corrected chi connectivity index (χ3v) is 7.34. The molecule has 2 aromatic heterocycles. The van der Waals surface area contributed by atoms with Crippen molar-refractivity contribution in [3.8, 4) is 6.19 Å². The summed E-state index contributed by atoms with van der Waals surface area (Å²) in [4.78, 5) is 19.0. The predicted molar refractivity (Wildman–Crippen MR) is 128 cm³/mol. The Bertz CT molecular complexity index is 1400. The van der Waals surface area contributed by atoms with Crippen molar-refractivity contribution < 1.29 is 8.42 Å². The molecule has 0 atom stereocenters. The monoisotopic (exact) mass is 510 g/mol. The molecule has 1 aromatic carbocycles. The molecule has 1 N–H and O–H groups in total. The summed E-state index contributed by atoms with van der Waals surface area (Å²) in [6, 6.07) is 4.84. The lowest BCUT2D eigenvalue weighted by molar-refractivity contribution is 0.609. The van der Waals surface area contributed by atoms with Crippen LogP contribution in [0, 0.1) is 11.5 Å². The Kier molecular flexibility index (Phi) is 6.39. The highest BCUT2D eigenvalue weighted by Gasteiger charge is 2.23. The summed E-state index contributed by atoms with van der Waals surface area (Å²) in [6.07, 6.45) is 5.74. The molecule has 1 aliphatic rings. The van der Waals surface area contributed by atoms with Gasteiger partial charge in [-0.05, 0) is 18.2 Å². The van der Waals surface area contributed by atoms with Crippen molar-refractivity contribution in [2.75, 3.05) is 34.2 Å². The Balaban J connectivity index is 1.68. The van der Waals surface area contributed by atoms with Crippen LogP contribution in [0.2, 0.25) is 10.0 Å². The highest BCUT2D eigenvalue weighted by molar-refractivity contribution is 7.99. The fourth-order valence-electron chi connectivity index (χ4n) is 3.27. The lowest BCUT2D eigenvalue weighted by Crippen LogP contribution is -2.35. The SMILES string of the molecule is N#Cn1c(=O)c(N2CCSCC2)c2ncc(NS(=O)(=O)C=Cc3c(Cl)cccc3Cl)cn21. The fourth-order valence-corrected chi connectivity index (χ4v) is 5.51. The molecule has 3 aromatic rings. The van der Waals surface area contributed by atoms with Gasteiger partial charge in [-0.15, -0.1) is 4.68 Å². The van der Waals surface area contributed by atoms with Gasteiger partial charge in [0, 0.05) is 40.2 Å². The number of nitrogens with one attached hydrogen (secondary N) is 1. The van der Waals surface area contributed by atoms with Crippen molar-refractivity contribution in [3.63, 3.8) is 0 Å². The summed E-state index contributed by atoms with van der Waals surface area (Å²) < 4.78 is 29.5. The molecule has 0 unspecified atom stereocenters. The molecular weight excluding hydrogens is 495 g/mol. The predicted octanol–water partition coefficient (Wildman–Crippen LogP) is 3.10. The van der Waals surface area contributed by atoms with Crippen LogP contribution >= 0.6 is 35.0 Å². The zero-order valence-corrected chi connectivity index (χ0v) is 19.5. The standard InChI is InChI=1S/C19H16Cl2N6O3S2/c20-15-2-1-3-16(21)14(15)4-9-32(29,30)24-13-10-23-18-17(25-5-7-31-8-6-25)19(28)27(12-22)26(18)11-13/h1-4,9-11,24H,5-8H2. The first-order valence-corrected chi connectivity index (χ1v) is 12.8. The molecule has 0 aliphatic carbocycles. The summed E-state index contributed by atoms with van der Waals surface area (Å²) in [5, 5.41) is 11.0. The molecule has 1 saturated heterocycles. The molecule has 0 saturated carbocycles. The van der Waals surface area contributed by atoms with Gasteiger partial charge in [0.1, 0.15) is 0 Å². The van der Waals surface area contributed by atoms with E-state index in [0.717, 1.165) is 21.6 Å². The third kappa shape index (κ3) is 4.45. The van der Waals surface area contributed by atoms with Gasteiger partial charge < -0.3 is 4.90 Å². The number of anilines is 2. The number of aromatic nitrogens is 3. The largest absolute Gasteiger partial charge is 0.362 e. The number of nitriles is 1. The van der Waals surface area contributed by atoms with Crippen molar-refractivity contribution in [1.29, 1.82) is 5.26 Å². The molecule has 32 heavy (non-hydrogen) atoms. The number of halogens is 2. The second-order valence-corrected chi connectivity index (χ2v) is 10.4. The van der Waals surface area contributed by atoms with E-state index in [1.54, 1.807) is 30.0 Å². The van der Waals surface area contributed by atoms with Crippen LogP contribution in [0.15, 0.2) is 40.8 Å². The Morgan fingerprint density at radius 3 is 2.56 bits per heavy atom. The van der Waals surface area contributed by atoms with Gasteiger partial charge in [0.05, 0.1) is 23.5 Å². The van der Waals surface area contributed by atoms with Crippen molar-refractivity contribution in [3.05, 3.63) is 62.0 Å². The molecule has 4 rings (SSSR count). The number of rotatable bonds is 5. The Hall–Kier alpha value is -2.65. The fraction of sp³-hybridized carbons (Fsp3) is 0.211. The lowest BCUT2D eigenvalue weighted by atomic mass is 10.2. The first-order valence-electron chi connectivity index (χ1n) is 9.32. The van der Waals surface area contributed by atoms with Gasteiger partial charge in [0.25, 0.3) is 10.0 Å². The van der Waals surface area contributed by atoms with Crippen LogP contribution in [-0.4, -0.2) is 47.2 Å². The Labute approximate surface area is 197 Å². The Morgan fingerprint density at radius 1 is 1.22 bits per heavy atom. The van der Waals surface area contributed by atoms with Crippen LogP contribution in [0.25, 0.3) is 11.7 Å². The number of sulfonamides is 1. The molecule has 0 radical (unpaired) electrons. The smallest absolute Gasteiger partial charge is 0.306 e. The van der Waals surface area contributed by atoms with E-state index in [1.807, 2.05) is 11.1 Å². The van der Waals surface area contributed by atoms with Gasteiger partial charge in [0.15, 0.2) is 11.3 Å². The zero-order valence-electron chi connectivity index (χ0n) is 16.4. The summed E-state index contributed by atoms with van der Waals surface area (Å²) in [7, 11) is -3.96. The van der Waals surface area contributed by atoms with Crippen LogP contribution in [-0.2, 0) is 10.0 Å². The number of fused-ring (bicyclic) bond motifs is 1. The molecule has 3 heterocycles. The van der Waals surface area contributed by atoms with Gasteiger partial charge >= 0.3 is 5.56 Å².